The number of aryl methyl sites for hydroxylation is 1. The van der Waals surface area contributed by atoms with Crippen LogP contribution in [0.3, 0.4) is 0 Å². The molecule has 0 saturated carbocycles. The summed E-state index contributed by atoms with van der Waals surface area (Å²) in [6.07, 6.45) is 0.537. The van der Waals surface area contributed by atoms with Crippen LogP contribution in [0.4, 0.5) is 27.6 Å². The largest absolute Gasteiger partial charge is 0.417 e. The Morgan fingerprint density at radius 1 is 1.10 bits per heavy atom. The maximum absolute atomic E-state index is 14.7. The number of pyridine rings is 1. The van der Waals surface area contributed by atoms with Crippen molar-refractivity contribution in [1.82, 2.24) is 14.2 Å². The predicted octanol–water partition coefficient (Wildman–Crippen LogP) is 7.56. The summed E-state index contributed by atoms with van der Waals surface area (Å²) in [5.74, 6) is -3.93. The van der Waals surface area contributed by atoms with Crippen LogP contribution in [-0.2, 0) is 18.0 Å². The standard InChI is InChI=1S/C28H17BrClF5N4O2/c1-38-22-12-17(28(33,34)35)24(25(30)16(22)13-36-38)15-4-3-9-39-20(15)6-7-21(39)27(41)14-10-18(31)26(19(32)11-14)37-23(40)5-2-8-29/h2-7,9-13H,8H2,1H3,(H,37,40)/b5-2+. The number of carbonyl (C=O) groups excluding carboxylic acids is 2. The van der Waals surface area contributed by atoms with Crippen LogP contribution in [0.25, 0.3) is 27.5 Å². The number of alkyl halides is 4. The molecule has 0 spiro atoms. The number of nitrogens with one attached hydrogen (secondary N) is 1. The molecular weight excluding hydrogens is 635 g/mol. The van der Waals surface area contributed by atoms with Gasteiger partial charge in [0, 0.05) is 46.7 Å². The first kappa shape index (κ1) is 28.5. The van der Waals surface area contributed by atoms with Gasteiger partial charge in [-0.1, -0.05) is 39.7 Å². The highest BCUT2D eigenvalue weighted by Crippen LogP contribution is 2.45. The molecule has 210 valence electrons. The summed E-state index contributed by atoms with van der Waals surface area (Å²) in [7, 11) is 1.50. The smallest absolute Gasteiger partial charge is 0.318 e. The van der Waals surface area contributed by atoms with Crippen LogP contribution >= 0.6 is 27.5 Å². The summed E-state index contributed by atoms with van der Waals surface area (Å²) < 4.78 is 74.8. The van der Waals surface area contributed by atoms with Gasteiger partial charge >= 0.3 is 6.18 Å². The summed E-state index contributed by atoms with van der Waals surface area (Å²) >= 11 is 9.61. The van der Waals surface area contributed by atoms with E-state index in [0.29, 0.717) is 10.7 Å². The monoisotopic (exact) mass is 650 g/mol. The highest BCUT2D eigenvalue weighted by Gasteiger charge is 2.37. The molecule has 0 fully saturated rings. The third-order valence-corrected chi connectivity index (χ3v) is 7.17. The number of hydrogen-bond donors (Lipinski definition) is 1. The summed E-state index contributed by atoms with van der Waals surface area (Å²) in [6, 6.07) is 8.13. The average molecular weight is 652 g/mol. The van der Waals surface area contributed by atoms with Gasteiger partial charge in [0.25, 0.3) is 0 Å². The molecule has 0 bridgehead atoms. The third-order valence-electron chi connectivity index (χ3n) is 6.40. The van der Waals surface area contributed by atoms with Crippen molar-refractivity contribution in [3.05, 3.63) is 100 Å². The van der Waals surface area contributed by atoms with Crippen molar-refractivity contribution in [2.24, 2.45) is 7.05 Å². The molecule has 5 aromatic rings. The number of benzene rings is 2. The van der Waals surface area contributed by atoms with Crippen LogP contribution in [-0.4, -0.2) is 31.2 Å². The maximum Gasteiger partial charge on any atom is 0.417 e. The van der Waals surface area contributed by atoms with E-state index in [-0.39, 0.29) is 38.4 Å². The zero-order valence-corrected chi connectivity index (χ0v) is 23.2. The van der Waals surface area contributed by atoms with Crippen molar-refractivity contribution < 1.29 is 31.5 Å². The number of allylic oxidation sites excluding steroid dienone is 1. The lowest BCUT2D eigenvalue weighted by atomic mass is 9.97. The van der Waals surface area contributed by atoms with E-state index in [4.69, 9.17) is 11.6 Å². The highest BCUT2D eigenvalue weighted by molar-refractivity contribution is 9.09. The molecule has 3 aromatic heterocycles. The Kier molecular flexibility index (Phi) is 7.47. The molecule has 0 saturated heterocycles. The maximum atomic E-state index is 14.7. The minimum Gasteiger partial charge on any atom is -0.318 e. The second kappa shape index (κ2) is 10.7. The normalized spacial score (nSPS) is 12.1. The summed E-state index contributed by atoms with van der Waals surface area (Å²) in [6.45, 7) is 0. The van der Waals surface area contributed by atoms with Gasteiger partial charge in [0.15, 0.2) is 0 Å². The number of anilines is 1. The molecule has 41 heavy (non-hydrogen) atoms. The predicted molar refractivity (Wildman–Crippen MR) is 148 cm³/mol. The fourth-order valence-electron chi connectivity index (χ4n) is 4.56. The number of nitrogens with zero attached hydrogens (tertiary/aromatic N) is 3. The van der Waals surface area contributed by atoms with Crippen LogP contribution < -0.4 is 5.32 Å². The Morgan fingerprint density at radius 3 is 2.46 bits per heavy atom. The molecule has 1 amide bonds. The van der Waals surface area contributed by atoms with Crippen LogP contribution in [0.1, 0.15) is 21.6 Å². The zero-order valence-electron chi connectivity index (χ0n) is 20.9. The molecule has 0 aliphatic carbocycles. The average Bonchev–Trinajstić information content (AvgIpc) is 3.52. The summed E-state index contributed by atoms with van der Waals surface area (Å²) in [4.78, 5) is 25.2. The molecule has 1 N–H and O–H groups in total. The van der Waals surface area contributed by atoms with E-state index < -0.39 is 40.8 Å². The lowest BCUT2D eigenvalue weighted by molar-refractivity contribution is -0.137. The second-order valence-corrected chi connectivity index (χ2v) is 9.92. The Hall–Kier alpha value is -4.03. The van der Waals surface area contributed by atoms with Gasteiger partial charge in [-0.3, -0.25) is 14.3 Å². The second-order valence-electron chi connectivity index (χ2n) is 8.90. The Labute approximate surface area is 242 Å². The molecule has 5 rings (SSSR count). The Morgan fingerprint density at radius 2 is 1.80 bits per heavy atom. The van der Waals surface area contributed by atoms with Crippen molar-refractivity contribution in [2.45, 2.75) is 6.18 Å². The van der Waals surface area contributed by atoms with Gasteiger partial charge in [0.05, 0.1) is 33.5 Å². The topological polar surface area (TPSA) is 68.4 Å². The van der Waals surface area contributed by atoms with Crippen molar-refractivity contribution in [2.75, 3.05) is 10.6 Å². The van der Waals surface area contributed by atoms with Gasteiger partial charge in [-0.2, -0.15) is 18.3 Å². The van der Waals surface area contributed by atoms with Gasteiger partial charge < -0.3 is 9.72 Å². The number of hydrogen-bond acceptors (Lipinski definition) is 3. The molecular formula is C28H17BrClF5N4O2. The number of carbonyl (C=O) groups is 2. The SMILES string of the molecule is Cn1ncc2c(Cl)c(-c3cccn4c(C(=O)c5cc(F)c(NC(=O)/C=C/CBr)c(F)c5)ccc34)c(C(F)(F)F)cc21. The summed E-state index contributed by atoms with van der Waals surface area (Å²) in [5.41, 5.74) is -1.98. The van der Waals surface area contributed by atoms with Crippen molar-refractivity contribution in [3.8, 4) is 11.1 Å². The minimum absolute atomic E-state index is 0.0650. The molecule has 0 unspecified atom stereocenters. The van der Waals surface area contributed by atoms with Gasteiger partial charge in [0.1, 0.15) is 17.3 Å². The minimum atomic E-state index is -4.77. The molecule has 0 atom stereocenters. The first-order valence-electron chi connectivity index (χ1n) is 11.8. The fraction of sp³-hybridized carbons (Fsp3) is 0.107. The van der Waals surface area contributed by atoms with E-state index >= 15 is 0 Å². The number of amides is 1. The van der Waals surface area contributed by atoms with Gasteiger partial charge in [-0.05, 0) is 36.4 Å². The van der Waals surface area contributed by atoms with Gasteiger partial charge in [-0.25, -0.2) is 8.78 Å². The Balaban J connectivity index is 1.61. The van der Waals surface area contributed by atoms with E-state index in [1.165, 1.54) is 58.9 Å². The van der Waals surface area contributed by atoms with Crippen LogP contribution in [0.15, 0.2) is 67.0 Å². The van der Waals surface area contributed by atoms with E-state index in [1.807, 2.05) is 0 Å². The van der Waals surface area contributed by atoms with E-state index in [1.54, 1.807) is 0 Å². The number of halogens is 7. The number of aromatic nitrogens is 3. The number of rotatable bonds is 6. The van der Waals surface area contributed by atoms with Crippen LogP contribution in [0.2, 0.25) is 5.02 Å². The molecule has 3 heterocycles. The molecule has 0 aliphatic rings. The van der Waals surface area contributed by atoms with E-state index in [0.717, 1.165) is 24.3 Å². The molecule has 0 aliphatic heterocycles. The van der Waals surface area contributed by atoms with E-state index in [2.05, 4.69) is 26.3 Å². The quantitative estimate of drug-likeness (QED) is 0.0892. The first-order valence-corrected chi connectivity index (χ1v) is 13.3. The van der Waals surface area contributed by atoms with E-state index in [9.17, 15) is 31.5 Å². The highest BCUT2D eigenvalue weighted by atomic mass is 79.9. The third kappa shape index (κ3) is 5.13. The van der Waals surface area contributed by atoms with Crippen LogP contribution in [0, 0.1) is 11.6 Å². The summed E-state index contributed by atoms with van der Waals surface area (Å²) in [5, 5.41) is 6.59. The van der Waals surface area contributed by atoms with Crippen molar-refractivity contribution >= 4 is 61.3 Å². The fourth-order valence-corrected chi connectivity index (χ4v) is 5.10. The van der Waals surface area contributed by atoms with Crippen molar-refractivity contribution in [1.29, 1.82) is 0 Å². The molecule has 2 aromatic carbocycles. The zero-order chi connectivity index (χ0) is 29.6. The lowest BCUT2D eigenvalue weighted by Gasteiger charge is -2.17. The van der Waals surface area contributed by atoms with Gasteiger partial charge in [0.2, 0.25) is 11.7 Å². The molecule has 13 heteroatoms. The number of ketones is 1. The number of fused-ring (bicyclic) bond motifs is 2. The Bertz CT molecular complexity index is 1870. The van der Waals surface area contributed by atoms with Gasteiger partial charge in [-0.15, -0.1) is 0 Å². The molecule has 6 nitrogen and oxygen atoms in total. The van der Waals surface area contributed by atoms with Crippen molar-refractivity contribution in [3.63, 3.8) is 0 Å². The molecule has 0 radical (unpaired) electrons. The first-order chi connectivity index (χ1) is 19.4. The lowest BCUT2D eigenvalue weighted by Crippen LogP contribution is -2.13. The van der Waals surface area contributed by atoms with Crippen LogP contribution in [0.5, 0.6) is 0 Å².